The Morgan fingerprint density at radius 2 is 1.95 bits per heavy atom. The summed E-state index contributed by atoms with van der Waals surface area (Å²) >= 11 is 0. The monoisotopic (exact) mass is 266 g/mol. The smallest absolute Gasteiger partial charge is 0.198 e. The van der Waals surface area contributed by atoms with E-state index in [0.717, 1.165) is 0 Å². The Morgan fingerprint density at radius 1 is 1.26 bits per heavy atom. The van der Waals surface area contributed by atoms with Crippen molar-refractivity contribution in [3.8, 4) is 0 Å². The number of para-hydroxylation sites is 1. The molecule has 0 radical (unpaired) electrons. The summed E-state index contributed by atoms with van der Waals surface area (Å²) in [5.74, 6) is -0.253. The lowest BCUT2D eigenvalue weighted by Crippen LogP contribution is -2.44. The first-order valence-electron chi connectivity index (χ1n) is 5.59. The quantitative estimate of drug-likeness (QED) is 0.766. The van der Waals surface area contributed by atoms with Crippen LogP contribution in [0, 0.1) is 0 Å². The summed E-state index contributed by atoms with van der Waals surface area (Å²) in [4.78, 5) is 12.2. The fourth-order valence-electron chi connectivity index (χ4n) is 2.39. The molecule has 1 aliphatic carbocycles. The molecule has 0 unspecified atom stereocenters. The average molecular weight is 266 g/mol. The van der Waals surface area contributed by atoms with Crippen LogP contribution in [-0.4, -0.2) is 40.8 Å². The Hall–Kier alpha value is -1.73. The molecule has 3 atom stereocenters. The molecule has 0 saturated heterocycles. The van der Waals surface area contributed by atoms with E-state index in [1.165, 1.54) is 7.11 Å². The number of aliphatic hydroxyl groups is 2. The second-order valence-electron chi connectivity index (χ2n) is 4.29. The molecule has 0 bridgehead atoms. The number of aliphatic hydroxyl groups excluding tert-OH is 2. The van der Waals surface area contributed by atoms with Crippen molar-refractivity contribution in [2.75, 3.05) is 7.11 Å². The fourth-order valence-corrected chi connectivity index (χ4v) is 2.39. The molecule has 19 heavy (non-hydrogen) atoms. The zero-order valence-corrected chi connectivity index (χ0v) is 10.2. The van der Waals surface area contributed by atoms with Gasteiger partial charge < -0.3 is 24.8 Å². The number of fused-ring (bicyclic) bond motifs is 3. The van der Waals surface area contributed by atoms with Crippen LogP contribution in [0.5, 0.6) is 0 Å². The summed E-state index contributed by atoms with van der Waals surface area (Å²) in [6.45, 7) is 0. The van der Waals surface area contributed by atoms with Crippen molar-refractivity contribution in [1.29, 1.82) is 0 Å². The lowest BCUT2D eigenvalue weighted by molar-refractivity contribution is -0.0744. The topological polar surface area (TPSA) is 111 Å². The van der Waals surface area contributed by atoms with Crippen LogP contribution in [0.2, 0.25) is 0 Å². The van der Waals surface area contributed by atoms with Gasteiger partial charge in [0.05, 0.1) is 5.56 Å². The number of ketones is 1. The molecule has 3 rings (SSSR count). The molecule has 0 saturated carbocycles. The van der Waals surface area contributed by atoms with Crippen LogP contribution in [-0.2, 0) is 4.74 Å². The molecule has 102 valence electrons. The van der Waals surface area contributed by atoms with Crippen LogP contribution >= 0.6 is 0 Å². The van der Waals surface area contributed by atoms with E-state index >= 15 is 0 Å². The third kappa shape index (κ3) is 1.77. The molecule has 2 aromatic rings. The molecule has 0 amide bonds. The highest BCUT2D eigenvalue weighted by Gasteiger charge is 2.44. The van der Waals surface area contributed by atoms with E-state index in [2.05, 4.69) is 0 Å². The van der Waals surface area contributed by atoms with Crippen molar-refractivity contribution in [1.82, 2.24) is 0 Å². The molecule has 1 aliphatic rings. The zero-order valence-electron chi connectivity index (χ0n) is 10.2. The lowest BCUT2D eigenvalue weighted by atomic mass is 9.88. The maximum atomic E-state index is 12.2. The van der Waals surface area contributed by atoms with Crippen LogP contribution in [0.4, 0.5) is 0 Å². The van der Waals surface area contributed by atoms with E-state index in [9.17, 15) is 15.0 Å². The number of hydrogen-bond acceptors (Lipinski definition) is 5. The number of carbonyl (C=O) groups is 1. The van der Waals surface area contributed by atoms with Gasteiger partial charge in [-0.3, -0.25) is 4.79 Å². The van der Waals surface area contributed by atoms with E-state index in [4.69, 9.17) is 9.15 Å². The molecule has 0 spiro atoms. The summed E-state index contributed by atoms with van der Waals surface area (Å²) in [6, 6.07) is 7.01. The molecule has 6 heteroatoms. The third-order valence-corrected chi connectivity index (χ3v) is 3.28. The standard InChI is InChI=1S/C13H12O5.H2O/c1-17-13-9(14)8-6-4-2-3-5-7(6)18-12(8)10(15)11(13)16;/h2-5,10-11,13,15-16H,1H3;1H2/t10-,11-,13-;/m1./s1. The van der Waals surface area contributed by atoms with Gasteiger partial charge in [-0.15, -0.1) is 0 Å². The number of furan rings is 1. The van der Waals surface area contributed by atoms with Crippen molar-refractivity contribution in [3.63, 3.8) is 0 Å². The Labute approximate surface area is 108 Å². The van der Waals surface area contributed by atoms with E-state index in [1.807, 2.05) is 0 Å². The van der Waals surface area contributed by atoms with Gasteiger partial charge >= 0.3 is 0 Å². The van der Waals surface area contributed by atoms with Gasteiger partial charge in [0, 0.05) is 12.5 Å². The van der Waals surface area contributed by atoms with Gasteiger partial charge in [0.15, 0.2) is 5.78 Å². The number of Topliss-reactive ketones (excluding diaryl/α,β-unsaturated/α-hetero) is 1. The molecular weight excluding hydrogens is 252 g/mol. The van der Waals surface area contributed by atoms with Crippen LogP contribution in [0.15, 0.2) is 28.7 Å². The van der Waals surface area contributed by atoms with Gasteiger partial charge in [-0.05, 0) is 6.07 Å². The molecule has 1 heterocycles. The van der Waals surface area contributed by atoms with E-state index < -0.39 is 18.3 Å². The number of ether oxygens (including phenoxy) is 1. The molecule has 6 nitrogen and oxygen atoms in total. The predicted molar refractivity (Wildman–Crippen MR) is 65.9 cm³/mol. The highest BCUT2D eigenvalue weighted by molar-refractivity contribution is 6.11. The Balaban J connectivity index is 0.00000133. The molecule has 1 aromatic carbocycles. The first-order chi connectivity index (χ1) is 8.65. The summed E-state index contributed by atoms with van der Waals surface area (Å²) in [7, 11) is 1.33. The number of carbonyl (C=O) groups excluding carboxylic acids is 1. The first-order valence-corrected chi connectivity index (χ1v) is 5.59. The van der Waals surface area contributed by atoms with Gasteiger partial charge in [-0.2, -0.15) is 0 Å². The summed E-state index contributed by atoms with van der Waals surface area (Å²) in [5, 5.41) is 20.4. The second-order valence-corrected chi connectivity index (χ2v) is 4.29. The largest absolute Gasteiger partial charge is 0.457 e. The van der Waals surface area contributed by atoms with Gasteiger partial charge in [0.25, 0.3) is 0 Å². The van der Waals surface area contributed by atoms with Gasteiger partial charge in [-0.25, -0.2) is 0 Å². The van der Waals surface area contributed by atoms with E-state index in [0.29, 0.717) is 16.5 Å². The summed E-state index contributed by atoms with van der Waals surface area (Å²) < 4.78 is 10.4. The zero-order chi connectivity index (χ0) is 12.9. The Bertz CT molecular complexity index is 617. The normalized spacial score (nSPS) is 26.1. The number of hydrogen-bond donors (Lipinski definition) is 2. The minimum absolute atomic E-state index is 0. The van der Waals surface area contributed by atoms with E-state index in [1.54, 1.807) is 24.3 Å². The minimum atomic E-state index is -1.31. The molecule has 4 N–H and O–H groups in total. The first kappa shape index (κ1) is 13.7. The van der Waals surface area contributed by atoms with Gasteiger partial charge in [0.2, 0.25) is 0 Å². The van der Waals surface area contributed by atoms with Crippen LogP contribution < -0.4 is 0 Å². The van der Waals surface area contributed by atoms with Crippen molar-refractivity contribution in [2.45, 2.75) is 18.3 Å². The van der Waals surface area contributed by atoms with Crippen molar-refractivity contribution < 1.29 is 29.6 Å². The van der Waals surface area contributed by atoms with Crippen LogP contribution in [0.25, 0.3) is 11.0 Å². The fraction of sp³-hybridized carbons (Fsp3) is 0.308. The number of rotatable bonds is 1. The van der Waals surface area contributed by atoms with Crippen LogP contribution in [0.3, 0.4) is 0 Å². The van der Waals surface area contributed by atoms with Crippen molar-refractivity contribution >= 4 is 16.8 Å². The molecule has 0 aliphatic heterocycles. The second kappa shape index (κ2) is 4.75. The van der Waals surface area contributed by atoms with Crippen LogP contribution in [0.1, 0.15) is 22.2 Å². The molecule has 1 aromatic heterocycles. The minimum Gasteiger partial charge on any atom is -0.457 e. The Kier molecular flexibility index (Phi) is 3.42. The average Bonchev–Trinajstić information content (AvgIpc) is 2.76. The van der Waals surface area contributed by atoms with Crippen molar-refractivity contribution in [3.05, 3.63) is 35.6 Å². The van der Waals surface area contributed by atoms with Gasteiger partial charge in [-0.1, -0.05) is 18.2 Å². The highest BCUT2D eigenvalue weighted by Crippen LogP contribution is 2.37. The molecular formula is C13H14O6. The van der Waals surface area contributed by atoms with Crippen molar-refractivity contribution in [2.24, 2.45) is 0 Å². The lowest BCUT2D eigenvalue weighted by Gasteiger charge is -2.28. The highest BCUT2D eigenvalue weighted by atomic mass is 16.5. The summed E-state index contributed by atoms with van der Waals surface area (Å²) in [6.07, 6.45) is -3.63. The van der Waals surface area contributed by atoms with Gasteiger partial charge in [0.1, 0.15) is 29.7 Å². The third-order valence-electron chi connectivity index (χ3n) is 3.28. The SMILES string of the molecule is CO[C@@H]1C(=O)c2c(oc3ccccc23)[C@H](O)[C@H]1O.O. The Morgan fingerprint density at radius 3 is 2.63 bits per heavy atom. The molecule has 0 fully saturated rings. The number of benzene rings is 1. The van der Waals surface area contributed by atoms with E-state index in [-0.39, 0.29) is 17.0 Å². The summed E-state index contributed by atoms with van der Waals surface area (Å²) in [5.41, 5.74) is 0.814. The number of methoxy groups -OCH3 is 1. The maximum absolute atomic E-state index is 12.2. The maximum Gasteiger partial charge on any atom is 0.198 e. The predicted octanol–water partition coefficient (Wildman–Crippen LogP) is 0.214.